The molecule has 3 saturated heterocycles. The van der Waals surface area contributed by atoms with Gasteiger partial charge in [0.1, 0.15) is 5.60 Å². The third-order valence-electron chi connectivity index (χ3n) is 4.86. The minimum absolute atomic E-state index is 0.269. The average Bonchev–Trinajstić information content (AvgIpc) is 3.13. The molecule has 6 heteroatoms. The van der Waals surface area contributed by atoms with E-state index in [4.69, 9.17) is 9.47 Å². The number of carbonyl (C=O) groups is 1. The maximum absolute atomic E-state index is 12.6. The van der Waals surface area contributed by atoms with Crippen LogP contribution in [-0.2, 0) is 14.3 Å². The molecule has 3 rings (SSSR count). The molecule has 0 unspecified atom stereocenters. The summed E-state index contributed by atoms with van der Waals surface area (Å²) in [6.07, 6.45) is 6.36. The molecule has 0 aromatic heterocycles. The number of morpholine rings is 1. The molecule has 1 spiro atoms. The Morgan fingerprint density at radius 2 is 2.17 bits per heavy atom. The van der Waals surface area contributed by atoms with Gasteiger partial charge in [0.2, 0.25) is 5.91 Å². The van der Waals surface area contributed by atoms with Gasteiger partial charge in [0.05, 0.1) is 18.8 Å². The van der Waals surface area contributed by atoms with Crippen LogP contribution < -0.4 is 0 Å². The van der Waals surface area contributed by atoms with E-state index in [2.05, 4.69) is 13.8 Å². The van der Waals surface area contributed by atoms with Crippen LogP contribution in [0.5, 0.6) is 0 Å². The lowest BCUT2D eigenvalue weighted by atomic mass is 9.94. The SMILES string of the molecule is CC1(C)CN(C(=O)CCCC[C@H]2CCSS2)C[C@@]2(CCOC2)O1. The van der Waals surface area contributed by atoms with Gasteiger partial charge in [-0.1, -0.05) is 28.0 Å². The van der Waals surface area contributed by atoms with Crippen LogP contribution in [0.15, 0.2) is 0 Å². The van der Waals surface area contributed by atoms with E-state index >= 15 is 0 Å². The summed E-state index contributed by atoms with van der Waals surface area (Å²) in [5, 5.41) is 0.816. The van der Waals surface area contributed by atoms with Gasteiger partial charge in [-0.3, -0.25) is 4.79 Å². The topological polar surface area (TPSA) is 38.8 Å². The Morgan fingerprint density at radius 1 is 1.30 bits per heavy atom. The predicted octanol–water partition coefficient (Wildman–Crippen LogP) is 3.50. The molecule has 2 atom stereocenters. The van der Waals surface area contributed by atoms with Gasteiger partial charge < -0.3 is 14.4 Å². The number of hydrogen-bond acceptors (Lipinski definition) is 5. The van der Waals surface area contributed by atoms with Crippen molar-refractivity contribution in [2.45, 2.75) is 68.8 Å². The molecular weight excluding hydrogens is 330 g/mol. The van der Waals surface area contributed by atoms with Gasteiger partial charge in [-0.25, -0.2) is 0 Å². The number of unbranched alkanes of at least 4 members (excludes halogenated alkanes) is 1. The van der Waals surface area contributed by atoms with Crippen molar-refractivity contribution in [2.24, 2.45) is 0 Å². The zero-order chi connectivity index (χ0) is 16.3. The summed E-state index contributed by atoms with van der Waals surface area (Å²) in [4.78, 5) is 14.7. The first kappa shape index (κ1) is 17.9. The van der Waals surface area contributed by atoms with E-state index < -0.39 is 0 Å². The molecule has 0 N–H and O–H groups in total. The zero-order valence-electron chi connectivity index (χ0n) is 14.3. The lowest BCUT2D eigenvalue weighted by Gasteiger charge is -2.48. The van der Waals surface area contributed by atoms with Crippen molar-refractivity contribution in [3.8, 4) is 0 Å². The van der Waals surface area contributed by atoms with E-state index in [1.807, 2.05) is 26.5 Å². The summed E-state index contributed by atoms with van der Waals surface area (Å²) in [6, 6.07) is 0. The second-order valence-corrected chi connectivity index (χ2v) is 10.5. The van der Waals surface area contributed by atoms with Crippen LogP contribution in [0.2, 0.25) is 0 Å². The maximum atomic E-state index is 12.6. The highest BCUT2D eigenvalue weighted by Gasteiger charge is 2.47. The Labute approximate surface area is 147 Å². The second kappa shape index (κ2) is 7.54. The highest BCUT2D eigenvalue weighted by atomic mass is 33.1. The third kappa shape index (κ3) is 4.80. The highest BCUT2D eigenvalue weighted by molar-refractivity contribution is 8.77. The first-order chi connectivity index (χ1) is 11.0. The molecule has 3 aliphatic heterocycles. The van der Waals surface area contributed by atoms with E-state index in [1.54, 1.807) is 0 Å². The number of carbonyl (C=O) groups excluding carboxylic acids is 1. The van der Waals surface area contributed by atoms with Crippen molar-refractivity contribution in [1.29, 1.82) is 0 Å². The summed E-state index contributed by atoms with van der Waals surface area (Å²) in [6.45, 7) is 6.93. The van der Waals surface area contributed by atoms with Crippen LogP contribution >= 0.6 is 21.6 Å². The summed E-state index contributed by atoms with van der Waals surface area (Å²) in [5.74, 6) is 1.59. The lowest BCUT2D eigenvalue weighted by molar-refractivity contribution is -0.199. The van der Waals surface area contributed by atoms with Crippen molar-refractivity contribution < 1.29 is 14.3 Å². The molecule has 0 aliphatic carbocycles. The quantitative estimate of drug-likeness (QED) is 0.555. The normalized spacial score (nSPS) is 33.5. The minimum atomic E-state index is -0.278. The highest BCUT2D eigenvalue weighted by Crippen LogP contribution is 2.40. The molecule has 1 amide bonds. The van der Waals surface area contributed by atoms with Crippen LogP contribution in [0.4, 0.5) is 0 Å². The largest absolute Gasteiger partial charge is 0.378 e. The molecule has 4 nitrogen and oxygen atoms in total. The van der Waals surface area contributed by atoms with Crippen LogP contribution in [0.1, 0.15) is 52.4 Å². The molecule has 0 bridgehead atoms. The zero-order valence-corrected chi connectivity index (χ0v) is 16.0. The first-order valence-corrected chi connectivity index (χ1v) is 11.2. The van der Waals surface area contributed by atoms with E-state index in [1.165, 1.54) is 25.0 Å². The predicted molar refractivity (Wildman–Crippen MR) is 96.8 cm³/mol. The molecule has 0 radical (unpaired) electrons. The minimum Gasteiger partial charge on any atom is -0.378 e. The fourth-order valence-electron chi connectivity index (χ4n) is 3.85. The van der Waals surface area contributed by atoms with E-state index in [0.717, 1.165) is 24.7 Å². The van der Waals surface area contributed by atoms with Gasteiger partial charge in [0.25, 0.3) is 0 Å². The molecule has 0 saturated carbocycles. The number of ether oxygens (including phenoxy) is 2. The van der Waals surface area contributed by atoms with Crippen molar-refractivity contribution in [1.82, 2.24) is 4.90 Å². The molecule has 3 aliphatic rings. The van der Waals surface area contributed by atoms with Gasteiger partial charge in [-0.2, -0.15) is 0 Å². The van der Waals surface area contributed by atoms with Gasteiger partial charge in [-0.15, -0.1) is 0 Å². The Balaban J connectivity index is 1.45. The van der Waals surface area contributed by atoms with Crippen molar-refractivity contribution in [3.63, 3.8) is 0 Å². The van der Waals surface area contributed by atoms with Gasteiger partial charge in [0.15, 0.2) is 0 Å². The second-order valence-electron chi connectivity index (χ2n) is 7.67. The average molecular weight is 360 g/mol. The standard InChI is InChI=1S/C17H29NO3S2/c1-16(2)11-18(12-17(21-16)8-9-20-13-17)15(19)6-4-3-5-14-7-10-22-23-14/h14H,3-13H2,1-2H3/t14-,17+/m0/s1. The third-order valence-corrected chi connectivity index (χ3v) is 7.86. The Kier molecular flexibility index (Phi) is 5.87. The van der Waals surface area contributed by atoms with Gasteiger partial charge >= 0.3 is 0 Å². The van der Waals surface area contributed by atoms with E-state index in [9.17, 15) is 4.79 Å². The molecule has 3 fully saturated rings. The Hall–Kier alpha value is 0.0900. The smallest absolute Gasteiger partial charge is 0.222 e. The summed E-state index contributed by atoms with van der Waals surface area (Å²) in [7, 11) is 4.03. The van der Waals surface area contributed by atoms with Crippen molar-refractivity contribution >= 4 is 27.5 Å². The van der Waals surface area contributed by atoms with E-state index in [-0.39, 0.29) is 11.2 Å². The van der Waals surface area contributed by atoms with Crippen molar-refractivity contribution in [3.05, 3.63) is 0 Å². The maximum Gasteiger partial charge on any atom is 0.222 e. The fraction of sp³-hybridized carbons (Fsp3) is 0.941. The number of rotatable bonds is 5. The molecular formula is C17H29NO3S2. The van der Waals surface area contributed by atoms with Crippen LogP contribution in [0.25, 0.3) is 0 Å². The fourth-order valence-corrected chi connectivity index (χ4v) is 6.88. The molecule has 0 aromatic rings. The monoisotopic (exact) mass is 359 g/mol. The number of nitrogens with zero attached hydrogens (tertiary/aromatic N) is 1. The number of amides is 1. The Bertz CT molecular complexity index is 418. The summed E-state index contributed by atoms with van der Waals surface area (Å²) >= 11 is 0. The molecule has 132 valence electrons. The summed E-state index contributed by atoms with van der Waals surface area (Å²) < 4.78 is 11.8. The van der Waals surface area contributed by atoms with Crippen LogP contribution in [0, 0.1) is 0 Å². The van der Waals surface area contributed by atoms with Gasteiger partial charge in [-0.05, 0) is 33.1 Å². The number of hydrogen-bond donors (Lipinski definition) is 0. The first-order valence-electron chi connectivity index (χ1n) is 8.82. The molecule has 23 heavy (non-hydrogen) atoms. The summed E-state index contributed by atoms with van der Waals surface area (Å²) in [5.41, 5.74) is -0.547. The van der Waals surface area contributed by atoms with Crippen molar-refractivity contribution in [2.75, 3.05) is 32.1 Å². The van der Waals surface area contributed by atoms with E-state index in [0.29, 0.717) is 32.0 Å². The molecule has 0 aromatic carbocycles. The van der Waals surface area contributed by atoms with Crippen LogP contribution in [0.3, 0.4) is 0 Å². The lowest BCUT2D eigenvalue weighted by Crippen LogP contribution is -2.61. The molecule has 3 heterocycles. The Morgan fingerprint density at radius 3 is 2.87 bits per heavy atom. The van der Waals surface area contributed by atoms with Crippen LogP contribution in [-0.4, -0.2) is 59.3 Å². The van der Waals surface area contributed by atoms with Gasteiger partial charge in [0, 0.05) is 37.0 Å².